The van der Waals surface area contributed by atoms with Crippen molar-refractivity contribution in [1.82, 2.24) is 14.9 Å². The van der Waals surface area contributed by atoms with Crippen LogP contribution in [0.25, 0.3) is 11.3 Å². The van der Waals surface area contributed by atoms with Gasteiger partial charge in [0.25, 0.3) is 0 Å². The number of aryl methyl sites for hydroxylation is 1. The molecule has 0 aliphatic rings. The Hall–Kier alpha value is -4.31. The first-order valence-corrected chi connectivity index (χ1v) is 11.2. The van der Waals surface area contributed by atoms with Gasteiger partial charge in [0.15, 0.2) is 0 Å². The second kappa shape index (κ2) is 10.7. The van der Waals surface area contributed by atoms with Gasteiger partial charge in [-0.05, 0) is 23.8 Å². The molecule has 1 amide bonds. The second-order valence-corrected chi connectivity index (χ2v) is 8.39. The first-order chi connectivity index (χ1) is 16.6. The van der Waals surface area contributed by atoms with E-state index in [1.165, 1.54) is 0 Å². The minimum Gasteiger partial charge on any atom is -0.399 e. The number of nitrogen functional groups attached to an aromatic ring is 3. The number of nitrogens with two attached hydrogens (primary N) is 3. The molecule has 2 aromatic carbocycles. The van der Waals surface area contributed by atoms with E-state index < -0.39 is 0 Å². The smallest absolute Gasteiger partial charge is 0.224 e. The fourth-order valence-electron chi connectivity index (χ4n) is 3.75. The summed E-state index contributed by atoms with van der Waals surface area (Å²) in [4.78, 5) is 26.4. The first kappa shape index (κ1) is 25.3. The minimum absolute atomic E-state index is 0.0200. The van der Waals surface area contributed by atoms with Gasteiger partial charge >= 0.3 is 0 Å². The van der Waals surface area contributed by atoms with Crippen LogP contribution in [0.5, 0.6) is 0 Å². The summed E-state index contributed by atoms with van der Waals surface area (Å²) < 4.78 is 1.80. The summed E-state index contributed by atoms with van der Waals surface area (Å²) in [5, 5.41) is 12.1. The van der Waals surface area contributed by atoms with Crippen LogP contribution in [-0.2, 0) is 24.8 Å². The molecule has 0 aliphatic carbocycles. The summed E-state index contributed by atoms with van der Waals surface area (Å²) in [6.07, 6.45) is 1.56. The maximum atomic E-state index is 13.5. The third kappa shape index (κ3) is 6.18. The molecular weight excluding hydrogens is 444 g/mol. The van der Waals surface area contributed by atoms with Crippen molar-refractivity contribution in [3.05, 3.63) is 75.6 Å². The maximum absolute atomic E-state index is 13.5. The average Bonchev–Trinajstić information content (AvgIpc) is 2.80. The third-order valence-corrected chi connectivity index (χ3v) is 5.61. The third-order valence-electron chi connectivity index (χ3n) is 5.61. The van der Waals surface area contributed by atoms with Gasteiger partial charge in [-0.25, -0.2) is 5.01 Å². The van der Waals surface area contributed by atoms with Gasteiger partial charge in [0, 0.05) is 61.4 Å². The molecule has 1 aromatic heterocycles. The normalized spacial score (nSPS) is 10.9. The van der Waals surface area contributed by atoms with Crippen LogP contribution in [0.4, 0.5) is 17.1 Å². The van der Waals surface area contributed by atoms with Crippen molar-refractivity contribution in [2.75, 3.05) is 30.5 Å². The quantitative estimate of drug-likeness (QED) is 0.118. The van der Waals surface area contributed by atoms with E-state index in [4.69, 9.17) is 22.6 Å². The van der Waals surface area contributed by atoms with E-state index in [1.807, 2.05) is 21.0 Å². The number of anilines is 3. The highest BCUT2D eigenvalue weighted by Crippen LogP contribution is 2.27. The number of hydrazine groups is 1. The van der Waals surface area contributed by atoms with Crippen LogP contribution in [0.2, 0.25) is 0 Å². The zero-order valence-electron chi connectivity index (χ0n) is 20.2. The van der Waals surface area contributed by atoms with Gasteiger partial charge in [-0.2, -0.15) is 0 Å². The molecule has 35 heavy (non-hydrogen) atoms. The number of hydrogen-bond donors (Lipinski definition) is 6. The Kier molecular flexibility index (Phi) is 7.77. The Bertz CT molecular complexity index is 1280. The van der Waals surface area contributed by atoms with Crippen LogP contribution in [0.1, 0.15) is 23.6 Å². The topological polar surface area (TPSA) is 168 Å². The number of carbonyl (C=O) groups is 1. The van der Waals surface area contributed by atoms with Crippen molar-refractivity contribution in [2.24, 2.45) is 12.8 Å². The molecule has 0 aliphatic heterocycles. The number of amides is 1. The number of benzene rings is 2. The monoisotopic (exact) mass is 476 g/mol. The molecule has 0 spiro atoms. The molecule has 0 atom stereocenters. The number of nitrogens with zero attached hydrogens (tertiary/aromatic N) is 2. The second-order valence-electron chi connectivity index (χ2n) is 8.39. The molecule has 3 aromatic rings. The molecule has 3 rings (SSSR count). The largest absolute Gasteiger partial charge is 0.399 e. The lowest BCUT2D eigenvalue weighted by atomic mass is 10.00. The molecular formula is C25H32N8O2. The molecule has 10 heteroatoms. The number of carbonyl (C=O) groups excluding carboxylic acids is 1. The Morgan fingerprint density at radius 3 is 2.31 bits per heavy atom. The molecule has 184 valence electrons. The van der Waals surface area contributed by atoms with E-state index in [9.17, 15) is 9.59 Å². The Balaban J connectivity index is 1.94. The molecule has 0 bridgehead atoms. The summed E-state index contributed by atoms with van der Waals surface area (Å²) in [5.74, 6) is -0.328. The molecule has 0 unspecified atom stereocenters. The number of hydrogen-bond acceptors (Lipinski definition) is 7. The number of rotatable bonds is 9. The van der Waals surface area contributed by atoms with Gasteiger partial charge in [-0.15, -0.1) is 0 Å². The predicted molar refractivity (Wildman–Crippen MR) is 141 cm³/mol. The van der Waals surface area contributed by atoms with Crippen molar-refractivity contribution in [1.29, 1.82) is 5.41 Å². The van der Waals surface area contributed by atoms with E-state index in [2.05, 4.69) is 10.7 Å². The van der Waals surface area contributed by atoms with Gasteiger partial charge in [0.05, 0.1) is 12.1 Å². The fraction of sp³-hybridized carbons (Fsp3) is 0.240. The van der Waals surface area contributed by atoms with E-state index in [-0.39, 0.29) is 30.1 Å². The number of pyridine rings is 1. The van der Waals surface area contributed by atoms with Crippen molar-refractivity contribution in [3.8, 4) is 11.3 Å². The van der Waals surface area contributed by atoms with Gasteiger partial charge < -0.3 is 32.5 Å². The van der Waals surface area contributed by atoms with E-state index in [0.717, 1.165) is 5.56 Å². The molecule has 0 saturated heterocycles. The van der Waals surface area contributed by atoms with Crippen LogP contribution < -0.4 is 33.4 Å². The molecule has 0 radical (unpaired) electrons. The summed E-state index contributed by atoms with van der Waals surface area (Å²) in [5.41, 5.74) is 24.6. The SMILES string of the molecule is CCN(C)Nc1cn(C)c(-c2cc(N)cc(N)c2)c(CC(=O)NCc2ccc(C(=N)N)cc2)c1=O. The molecule has 0 fully saturated rings. The summed E-state index contributed by atoms with van der Waals surface area (Å²) in [7, 11) is 3.64. The number of nitrogens with one attached hydrogen (secondary N) is 3. The van der Waals surface area contributed by atoms with Crippen LogP contribution in [0, 0.1) is 5.41 Å². The Labute approximate surface area is 204 Å². The fourth-order valence-corrected chi connectivity index (χ4v) is 3.75. The van der Waals surface area contributed by atoms with Gasteiger partial charge in [0.1, 0.15) is 11.5 Å². The van der Waals surface area contributed by atoms with Crippen molar-refractivity contribution in [3.63, 3.8) is 0 Å². The highest BCUT2D eigenvalue weighted by atomic mass is 16.1. The lowest BCUT2D eigenvalue weighted by Gasteiger charge is -2.21. The Morgan fingerprint density at radius 2 is 1.74 bits per heavy atom. The maximum Gasteiger partial charge on any atom is 0.224 e. The van der Waals surface area contributed by atoms with E-state index in [1.54, 1.807) is 58.2 Å². The highest BCUT2D eigenvalue weighted by Gasteiger charge is 2.20. The van der Waals surface area contributed by atoms with Crippen LogP contribution in [-0.4, -0.2) is 34.9 Å². The summed E-state index contributed by atoms with van der Waals surface area (Å²) in [6.45, 7) is 2.90. The Morgan fingerprint density at radius 1 is 1.11 bits per heavy atom. The van der Waals surface area contributed by atoms with Crippen LogP contribution in [0.3, 0.4) is 0 Å². The standard InChI is InChI=1S/C25H32N8O2/c1-4-33(3)31-21-14-32(2)23(17-9-18(26)11-19(27)10-17)20(24(21)35)12-22(34)30-13-15-5-7-16(8-6-15)25(28)29/h5-11,14,31H,4,12-13,26-27H2,1-3H3,(H3,28,29)(H,30,34). The average molecular weight is 477 g/mol. The van der Waals surface area contributed by atoms with Crippen molar-refractivity contribution >= 4 is 28.8 Å². The summed E-state index contributed by atoms with van der Waals surface area (Å²) >= 11 is 0. The lowest BCUT2D eigenvalue weighted by Crippen LogP contribution is -2.32. The van der Waals surface area contributed by atoms with E-state index in [0.29, 0.717) is 46.0 Å². The summed E-state index contributed by atoms with van der Waals surface area (Å²) in [6, 6.07) is 12.1. The molecule has 10 nitrogen and oxygen atoms in total. The number of aromatic nitrogens is 1. The predicted octanol–water partition coefficient (Wildman–Crippen LogP) is 1.64. The van der Waals surface area contributed by atoms with Gasteiger partial charge in [-0.3, -0.25) is 15.0 Å². The van der Waals surface area contributed by atoms with Gasteiger partial charge in [-0.1, -0.05) is 31.2 Å². The molecule has 0 saturated carbocycles. The van der Waals surface area contributed by atoms with Gasteiger partial charge in [0.2, 0.25) is 11.3 Å². The zero-order chi connectivity index (χ0) is 25.7. The minimum atomic E-state index is -0.308. The van der Waals surface area contributed by atoms with Crippen LogP contribution >= 0.6 is 0 Å². The lowest BCUT2D eigenvalue weighted by molar-refractivity contribution is -0.120. The van der Waals surface area contributed by atoms with Crippen LogP contribution in [0.15, 0.2) is 53.5 Å². The van der Waals surface area contributed by atoms with Crippen molar-refractivity contribution < 1.29 is 4.79 Å². The van der Waals surface area contributed by atoms with Crippen molar-refractivity contribution in [2.45, 2.75) is 19.9 Å². The highest BCUT2D eigenvalue weighted by molar-refractivity contribution is 5.94. The molecule has 9 N–H and O–H groups in total. The number of amidine groups is 1. The zero-order valence-corrected chi connectivity index (χ0v) is 20.2. The van der Waals surface area contributed by atoms with E-state index >= 15 is 0 Å². The first-order valence-electron chi connectivity index (χ1n) is 11.2. The molecule has 1 heterocycles.